The van der Waals surface area contributed by atoms with Crippen LogP contribution in [-0.2, 0) is 6.42 Å². The van der Waals surface area contributed by atoms with Crippen LogP contribution in [0.4, 0.5) is 0 Å². The molecule has 0 aromatic carbocycles. The van der Waals surface area contributed by atoms with Crippen molar-refractivity contribution in [1.82, 2.24) is 5.32 Å². The van der Waals surface area contributed by atoms with Gasteiger partial charge < -0.3 is 5.32 Å². The number of amidine groups is 1. The number of hydrogen-bond acceptors (Lipinski definition) is 2. The van der Waals surface area contributed by atoms with Crippen LogP contribution in [0, 0.1) is 0 Å². The SMILES string of the molecule is CN=C1NCCc2sccc21. The molecule has 2 nitrogen and oxygen atoms in total. The van der Waals surface area contributed by atoms with E-state index in [1.165, 1.54) is 10.4 Å². The molecule has 11 heavy (non-hydrogen) atoms. The summed E-state index contributed by atoms with van der Waals surface area (Å²) in [4.78, 5) is 5.64. The molecule has 0 unspecified atom stereocenters. The lowest BCUT2D eigenvalue weighted by Gasteiger charge is -2.15. The van der Waals surface area contributed by atoms with Crippen molar-refractivity contribution in [3.63, 3.8) is 0 Å². The van der Waals surface area contributed by atoms with Gasteiger partial charge in [-0.1, -0.05) is 0 Å². The molecule has 0 amide bonds. The number of hydrogen-bond donors (Lipinski definition) is 1. The van der Waals surface area contributed by atoms with Crippen molar-refractivity contribution in [2.75, 3.05) is 13.6 Å². The lowest BCUT2D eigenvalue weighted by atomic mass is 10.1. The van der Waals surface area contributed by atoms with Crippen molar-refractivity contribution in [1.29, 1.82) is 0 Å². The first kappa shape index (κ1) is 6.85. The van der Waals surface area contributed by atoms with Crippen LogP contribution in [0.15, 0.2) is 16.4 Å². The standard InChI is InChI=1S/C8H10N2S/c1-9-8-6-3-5-11-7(6)2-4-10-8/h3,5H,2,4H2,1H3,(H,9,10). The Balaban J connectivity index is 2.48. The van der Waals surface area contributed by atoms with Gasteiger partial charge in [0.15, 0.2) is 0 Å². The van der Waals surface area contributed by atoms with E-state index in [0.717, 1.165) is 18.8 Å². The summed E-state index contributed by atoms with van der Waals surface area (Å²) in [5.74, 6) is 1.05. The molecule has 0 spiro atoms. The van der Waals surface area contributed by atoms with E-state index in [9.17, 15) is 0 Å². The van der Waals surface area contributed by atoms with Gasteiger partial charge in [-0.05, 0) is 17.9 Å². The lowest BCUT2D eigenvalue weighted by Crippen LogP contribution is -2.31. The molecule has 0 atom stereocenters. The van der Waals surface area contributed by atoms with E-state index >= 15 is 0 Å². The van der Waals surface area contributed by atoms with Gasteiger partial charge >= 0.3 is 0 Å². The molecule has 1 aromatic rings. The first-order valence-electron chi connectivity index (χ1n) is 3.69. The summed E-state index contributed by atoms with van der Waals surface area (Å²) in [6.45, 7) is 1.03. The van der Waals surface area contributed by atoms with E-state index < -0.39 is 0 Å². The number of aliphatic imine (C=N–C) groups is 1. The molecule has 0 bridgehead atoms. The normalized spacial score (nSPS) is 19.5. The summed E-state index contributed by atoms with van der Waals surface area (Å²) in [7, 11) is 1.83. The fraction of sp³-hybridized carbons (Fsp3) is 0.375. The second-order valence-corrected chi connectivity index (χ2v) is 3.51. The Morgan fingerprint density at radius 1 is 1.64 bits per heavy atom. The molecule has 0 saturated heterocycles. The molecular formula is C8H10N2S. The number of nitrogens with zero attached hydrogens (tertiary/aromatic N) is 1. The van der Waals surface area contributed by atoms with Gasteiger partial charge in [0.05, 0.1) is 0 Å². The van der Waals surface area contributed by atoms with Gasteiger partial charge in [0.2, 0.25) is 0 Å². The van der Waals surface area contributed by atoms with Crippen LogP contribution in [0.1, 0.15) is 10.4 Å². The monoisotopic (exact) mass is 166 g/mol. The summed E-state index contributed by atoms with van der Waals surface area (Å²) in [6, 6.07) is 2.13. The predicted molar refractivity (Wildman–Crippen MR) is 48.5 cm³/mol. The Morgan fingerprint density at radius 3 is 3.36 bits per heavy atom. The minimum atomic E-state index is 1.03. The van der Waals surface area contributed by atoms with Crippen LogP contribution >= 0.6 is 11.3 Å². The Labute approximate surface area is 70.0 Å². The summed E-state index contributed by atoms with van der Waals surface area (Å²) >= 11 is 1.82. The van der Waals surface area contributed by atoms with Crippen LogP contribution < -0.4 is 5.32 Å². The quantitative estimate of drug-likeness (QED) is 0.616. The maximum atomic E-state index is 4.17. The topological polar surface area (TPSA) is 24.4 Å². The molecule has 0 aliphatic carbocycles. The van der Waals surface area contributed by atoms with Crippen LogP contribution in [0.2, 0.25) is 0 Å². The molecule has 1 aliphatic heterocycles. The smallest absolute Gasteiger partial charge is 0.129 e. The van der Waals surface area contributed by atoms with Crippen molar-refractivity contribution in [2.45, 2.75) is 6.42 Å². The van der Waals surface area contributed by atoms with E-state index in [-0.39, 0.29) is 0 Å². The van der Waals surface area contributed by atoms with E-state index in [1.54, 1.807) is 0 Å². The molecule has 0 fully saturated rings. The van der Waals surface area contributed by atoms with Crippen LogP contribution in [0.25, 0.3) is 0 Å². The molecule has 2 rings (SSSR count). The molecule has 0 radical (unpaired) electrons. The minimum absolute atomic E-state index is 1.03. The van der Waals surface area contributed by atoms with Crippen molar-refractivity contribution in [3.8, 4) is 0 Å². The van der Waals surface area contributed by atoms with Gasteiger partial charge in [-0.25, -0.2) is 0 Å². The number of nitrogens with one attached hydrogen (secondary N) is 1. The van der Waals surface area contributed by atoms with Gasteiger partial charge in [0.1, 0.15) is 5.84 Å². The molecule has 1 aliphatic rings. The van der Waals surface area contributed by atoms with Crippen molar-refractivity contribution < 1.29 is 0 Å². The second-order valence-electron chi connectivity index (χ2n) is 2.51. The zero-order valence-electron chi connectivity index (χ0n) is 6.42. The van der Waals surface area contributed by atoms with Crippen molar-refractivity contribution in [3.05, 3.63) is 21.9 Å². The summed E-state index contributed by atoms with van der Waals surface area (Å²) in [6.07, 6.45) is 1.14. The Hall–Kier alpha value is -0.830. The largest absolute Gasteiger partial charge is 0.369 e. The lowest BCUT2D eigenvalue weighted by molar-refractivity contribution is 0.849. The highest BCUT2D eigenvalue weighted by Crippen LogP contribution is 2.19. The van der Waals surface area contributed by atoms with Crippen LogP contribution in [0.5, 0.6) is 0 Å². The molecule has 2 heterocycles. The summed E-state index contributed by atoms with van der Waals surface area (Å²) < 4.78 is 0. The van der Waals surface area contributed by atoms with Gasteiger partial charge in [-0.15, -0.1) is 11.3 Å². The average Bonchev–Trinajstić information content (AvgIpc) is 2.50. The van der Waals surface area contributed by atoms with E-state index in [4.69, 9.17) is 0 Å². The highest BCUT2D eigenvalue weighted by Gasteiger charge is 2.14. The minimum Gasteiger partial charge on any atom is -0.369 e. The van der Waals surface area contributed by atoms with E-state index in [1.807, 2.05) is 18.4 Å². The van der Waals surface area contributed by atoms with Crippen molar-refractivity contribution in [2.24, 2.45) is 4.99 Å². The second kappa shape index (κ2) is 2.66. The first-order chi connectivity index (χ1) is 5.42. The summed E-state index contributed by atoms with van der Waals surface area (Å²) in [5, 5.41) is 5.40. The fourth-order valence-electron chi connectivity index (χ4n) is 1.33. The number of fused-ring (bicyclic) bond motifs is 1. The molecule has 1 aromatic heterocycles. The van der Waals surface area contributed by atoms with Crippen LogP contribution in [-0.4, -0.2) is 19.4 Å². The van der Waals surface area contributed by atoms with E-state index in [2.05, 4.69) is 21.8 Å². The van der Waals surface area contributed by atoms with Crippen molar-refractivity contribution >= 4 is 17.2 Å². The molecule has 1 N–H and O–H groups in total. The average molecular weight is 166 g/mol. The highest BCUT2D eigenvalue weighted by molar-refractivity contribution is 7.10. The van der Waals surface area contributed by atoms with E-state index in [0.29, 0.717) is 0 Å². The summed E-state index contributed by atoms with van der Waals surface area (Å²) in [5.41, 5.74) is 1.30. The maximum absolute atomic E-state index is 4.17. The molecule has 58 valence electrons. The zero-order valence-corrected chi connectivity index (χ0v) is 7.24. The molecular weight excluding hydrogens is 156 g/mol. The zero-order chi connectivity index (χ0) is 7.68. The molecule has 0 saturated carbocycles. The maximum Gasteiger partial charge on any atom is 0.129 e. The number of rotatable bonds is 0. The third-order valence-electron chi connectivity index (χ3n) is 1.87. The third kappa shape index (κ3) is 1.05. The highest BCUT2D eigenvalue weighted by atomic mass is 32.1. The Morgan fingerprint density at radius 2 is 2.55 bits per heavy atom. The van der Waals surface area contributed by atoms with Gasteiger partial charge in [0.25, 0.3) is 0 Å². The van der Waals surface area contributed by atoms with Gasteiger partial charge in [-0.2, -0.15) is 0 Å². The fourth-order valence-corrected chi connectivity index (χ4v) is 2.21. The number of thiophene rings is 1. The third-order valence-corrected chi connectivity index (χ3v) is 2.85. The first-order valence-corrected chi connectivity index (χ1v) is 4.57. The van der Waals surface area contributed by atoms with Gasteiger partial charge in [0, 0.05) is 24.0 Å². The van der Waals surface area contributed by atoms with Gasteiger partial charge in [-0.3, -0.25) is 4.99 Å². The Kier molecular flexibility index (Phi) is 1.66. The predicted octanol–water partition coefficient (Wildman–Crippen LogP) is 1.27. The van der Waals surface area contributed by atoms with Crippen LogP contribution in [0.3, 0.4) is 0 Å². The Bertz CT molecular complexity index is 288. The molecule has 3 heteroatoms.